The van der Waals surface area contributed by atoms with Crippen LogP contribution >= 0.6 is 0 Å². The lowest BCUT2D eigenvalue weighted by Gasteiger charge is -2.19. The summed E-state index contributed by atoms with van der Waals surface area (Å²) in [5.41, 5.74) is 2.40. The molecule has 2 atom stereocenters. The number of carbonyl (C=O) groups is 2. The predicted molar refractivity (Wildman–Crippen MR) is 105 cm³/mol. The predicted octanol–water partition coefficient (Wildman–Crippen LogP) is 3.86. The molecule has 5 heteroatoms. The van der Waals surface area contributed by atoms with Gasteiger partial charge in [0, 0.05) is 12.5 Å². The zero-order valence-electron chi connectivity index (χ0n) is 16.3. The van der Waals surface area contributed by atoms with Crippen molar-refractivity contribution >= 4 is 11.9 Å². The van der Waals surface area contributed by atoms with Crippen LogP contribution in [0.2, 0.25) is 0 Å². The molecule has 1 N–H and O–H groups in total. The highest BCUT2D eigenvalue weighted by Crippen LogP contribution is 2.21. The third-order valence-electron chi connectivity index (χ3n) is 4.51. The van der Waals surface area contributed by atoms with Gasteiger partial charge in [-0.1, -0.05) is 48.9 Å². The van der Waals surface area contributed by atoms with E-state index in [4.69, 9.17) is 9.47 Å². The number of rotatable bonds is 8. The van der Waals surface area contributed by atoms with Gasteiger partial charge in [0.1, 0.15) is 11.3 Å². The number of hydrogen-bond acceptors (Lipinski definition) is 4. The second-order valence-corrected chi connectivity index (χ2v) is 6.51. The first-order chi connectivity index (χ1) is 13.0. The molecule has 27 heavy (non-hydrogen) atoms. The van der Waals surface area contributed by atoms with Crippen molar-refractivity contribution in [1.29, 1.82) is 0 Å². The molecule has 0 aliphatic rings. The first kappa shape index (κ1) is 20.5. The lowest BCUT2D eigenvalue weighted by molar-refractivity contribution is -0.129. The van der Waals surface area contributed by atoms with Crippen LogP contribution in [-0.2, 0) is 9.53 Å². The van der Waals surface area contributed by atoms with Gasteiger partial charge >= 0.3 is 5.97 Å². The molecular weight excluding hydrogens is 342 g/mol. The van der Waals surface area contributed by atoms with E-state index in [1.54, 1.807) is 19.1 Å². The molecule has 0 saturated carbocycles. The van der Waals surface area contributed by atoms with Crippen LogP contribution in [0.15, 0.2) is 48.5 Å². The number of esters is 1. The van der Waals surface area contributed by atoms with Crippen molar-refractivity contribution in [2.45, 2.75) is 39.2 Å². The molecule has 0 fully saturated rings. The third-order valence-corrected chi connectivity index (χ3v) is 4.51. The summed E-state index contributed by atoms with van der Waals surface area (Å²) >= 11 is 0. The van der Waals surface area contributed by atoms with Crippen LogP contribution in [0.25, 0.3) is 0 Å². The fraction of sp³-hybridized carbons (Fsp3) is 0.364. The van der Waals surface area contributed by atoms with Gasteiger partial charge in [-0.25, -0.2) is 4.79 Å². The molecule has 0 unspecified atom stereocenters. The van der Waals surface area contributed by atoms with Crippen molar-refractivity contribution in [2.75, 3.05) is 13.7 Å². The molecule has 0 saturated heterocycles. The van der Waals surface area contributed by atoms with Crippen molar-refractivity contribution in [3.05, 3.63) is 65.2 Å². The van der Waals surface area contributed by atoms with E-state index < -0.39 is 12.1 Å². The minimum atomic E-state index is -0.893. The highest BCUT2D eigenvalue weighted by atomic mass is 16.5. The summed E-state index contributed by atoms with van der Waals surface area (Å²) in [6.45, 7) is 6.02. The number of methoxy groups -OCH3 is 1. The molecule has 0 bridgehead atoms. The van der Waals surface area contributed by atoms with Crippen LogP contribution in [0.1, 0.15) is 47.7 Å². The zero-order chi connectivity index (χ0) is 19.8. The first-order valence-corrected chi connectivity index (χ1v) is 9.14. The maximum atomic E-state index is 12.4. The van der Waals surface area contributed by atoms with E-state index in [2.05, 4.69) is 12.2 Å². The summed E-state index contributed by atoms with van der Waals surface area (Å²) in [5, 5.41) is 2.88. The number of amides is 1. The van der Waals surface area contributed by atoms with E-state index in [1.165, 1.54) is 12.7 Å². The Hall–Kier alpha value is -2.82. The van der Waals surface area contributed by atoms with Gasteiger partial charge in [-0.15, -0.1) is 0 Å². The molecular formula is C22H27NO4. The average molecular weight is 369 g/mol. The summed E-state index contributed by atoms with van der Waals surface area (Å²) < 4.78 is 10.5. The summed E-state index contributed by atoms with van der Waals surface area (Å²) in [6.07, 6.45) is 0.00914. The monoisotopic (exact) mass is 369 g/mol. The molecule has 2 rings (SSSR count). The van der Waals surface area contributed by atoms with Crippen molar-refractivity contribution in [3.63, 3.8) is 0 Å². The van der Waals surface area contributed by atoms with Gasteiger partial charge in [0.25, 0.3) is 5.91 Å². The Labute approximate surface area is 160 Å². The van der Waals surface area contributed by atoms with Gasteiger partial charge in [-0.05, 0) is 38.0 Å². The minimum absolute atomic E-state index is 0.218. The van der Waals surface area contributed by atoms with E-state index in [0.717, 1.165) is 12.0 Å². The second-order valence-electron chi connectivity index (χ2n) is 6.51. The van der Waals surface area contributed by atoms with Gasteiger partial charge in [0.2, 0.25) is 0 Å². The normalized spacial score (nSPS) is 12.7. The van der Waals surface area contributed by atoms with Gasteiger partial charge in [0.15, 0.2) is 6.10 Å². The average Bonchev–Trinajstić information content (AvgIpc) is 2.68. The van der Waals surface area contributed by atoms with Crippen LogP contribution in [0.4, 0.5) is 0 Å². The van der Waals surface area contributed by atoms with Crippen molar-refractivity contribution in [2.24, 2.45) is 0 Å². The van der Waals surface area contributed by atoms with Gasteiger partial charge < -0.3 is 14.8 Å². The SMILES string of the molecule is CC[C@@H](CNC(=O)[C@H](C)OC(=O)c1cc(C)ccc1OC)c1ccccc1. The van der Waals surface area contributed by atoms with E-state index in [-0.39, 0.29) is 11.8 Å². The summed E-state index contributed by atoms with van der Waals surface area (Å²) in [7, 11) is 1.49. The van der Waals surface area contributed by atoms with Crippen molar-refractivity contribution in [3.8, 4) is 5.75 Å². The Morgan fingerprint density at radius 2 is 1.81 bits per heavy atom. The third kappa shape index (κ3) is 5.58. The molecule has 144 valence electrons. The number of ether oxygens (including phenoxy) is 2. The van der Waals surface area contributed by atoms with Gasteiger partial charge in [-0.2, -0.15) is 0 Å². The van der Waals surface area contributed by atoms with E-state index in [1.807, 2.05) is 43.3 Å². The van der Waals surface area contributed by atoms with Crippen LogP contribution in [0.5, 0.6) is 5.75 Å². The van der Waals surface area contributed by atoms with Crippen molar-refractivity contribution in [1.82, 2.24) is 5.32 Å². The van der Waals surface area contributed by atoms with Gasteiger partial charge in [0.05, 0.1) is 7.11 Å². The minimum Gasteiger partial charge on any atom is -0.496 e. The van der Waals surface area contributed by atoms with Crippen LogP contribution in [-0.4, -0.2) is 31.6 Å². The molecule has 5 nitrogen and oxygen atoms in total. The van der Waals surface area contributed by atoms with E-state index >= 15 is 0 Å². The van der Waals surface area contributed by atoms with E-state index in [0.29, 0.717) is 17.9 Å². The molecule has 0 radical (unpaired) electrons. The lowest BCUT2D eigenvalue weighted by atomic mass is 9.96. The molecule has 0 aliphatic heterocycles. The number of benzene rings is 2. The number of aryl methyl sites for hydroxylation is 1. The standard InChI is InChI=1S/C22H27NO4/c1-5-17(18-9-7-6-8-10-18)14-23-21(24)16(3)27-22(25)19-13-15(2)11-12-20(19)26-4/h6-13,16-17H,5,14H2,1-4H3,(H,23,24)/t16-,17-/m0/s1. The molecule has 2 aromatic rings. The molecule has 0 heterocycles. The molecule has 1 amide bonds. The fourth-order valence-electron chi connectivity index (χ4n) is 2.85. The highest BCUT2D eigenvalue weighted by molar-refractivity contribution is 5.94. The molecule has 0 spiro atoms. The van der Waals surface area contributed by atoms with Crippen molar-refractivity contribution < 1.29 is 19.1 Å². The Morgan fingerprint density at radius 1 is 1.11 bits per heavy atom. The summed E-state index contributed by atoms with van der Waals surface area (Å²) in [5.74, 6) is -0.249. The number of nitrogens with one attached hydrogen (secondary N) is 1. The largest absolute Gasteiger partial charge is 0.496 e. The van der Waals surface area contributed by atoms with E-state index in [9.17, 15) is 9.59 Å². The smallest absolute Gasteiger partial charge is 0.342 e. The number of hydrogen-bond donors (Lipinski definition) is 1. The lowest BCUT2D eigenvalue weighted by Crippen LogP contribution is -2.38. The summed E-state index contributed by atoms with van der Waals surface area (Å²) in [4.78, 5) is 24.8. The Kier molecular flexibility index (Phi) is 7.41. The molecule has 0 aromatic heterocycles. The first-order valence-electron chi connectivity index (χ1n) is 9.14. The molecule has 0 aliphatic carbocycles. The van der Waals surface area contributed by atoms with Crippen LogP contribution in [0.3, 0.4) is 0 Å². The Morgan fingerprint density at radius 3 is 2.44 bits per heavy atom. The quantitative estimate of drug-likeness (QED) is 0.718. The maximum Gasteiger partial charge on any atom is 0.342 e. The highest BCUT2D eigenvalue weighted by Gasteiger charge is 2.22. The van der Waals surface area contributed by atoms with Gasteiger partial charge in [-0.3, -0.25) is 4.79 Å². The molecule has 2 aromatic carbocycles. The Bertz CT molecular complexity index is 773. The van der Waals surface area contributed by atoms with Crippen LogP contribution in [0, 0.1) is 6.92 Å². The zero-order valence-corrected chi connectivity index (χ0v) is 16.3. The topological polar surface area (TPSA) is 64.6 Å². The second kappa shape index (κ2) is 9.76. The van der Waals surface area contributed by atoms with Crippen LogP contribution < -0.4 is 10.1 Å². The maximum absolute atomic E-state index is 12.4. The fourth-order valence-corrected chi connectivity index (χ4v) is 2.85. The summed E-state index contributed by atoms with van der Waals surface area (Å²) in [6, 6.07) is 15.3. The number of carbonyl (C=O) groups excluding carboxylic acids is 2. The Balaban J connectivity index is 1.95.